The lowest BCUT2D eigenvalue weighted by Crippen LogP contribution is -2.21. The first kappa shape index (κ1) is 22.6. The predicted octanol–water partition coefficient (Wildman–Crippen LogP) is 2.87. The number of hydrogen-bond donors (Lipinski definition) is 2. The molecule has 0 saturated heterocycles. The number of aromatic nitrogens is 1. The van der Waals surface area contributed by atoms with Gasteiger partial charge in [0.25, 0.3) is 10.0 Å². The summed E-state index contributed by atoms with van der Waals surface area (Å²) in [4.78, 5) is 4.00. The highest BCUT2D eigenvalue weighted by atomic mass is 32.2. The molecule has 1 aromatic heterocycles. The van der Waals surface area contributed by atoms with Crippen LogP contribution in [-0.2, 0) is 10.0 Å². The third-order valence-electron chi connectivity index (χ3n) is 3.59. The molecule has 2 aromatic rings. The maximum absolute atomic E-state index is 12.5. The number of sulfonamides is 1. The molecule has 160 valence electrons. The van der Waals surface area contributed by atoms with E-state index in [1.54, 1.807) is 0 Å². The molecule has 0 radical (unpaired) electrons. The highest BCUT2D eigenvalue weighted by Gasteiger charge is 2.18. The molecule has 2 N–H and O–H groups in total. The van der Waals surface area contributed by atoms with Crippen LogP contribution in [0.1, 0.15) is 13.3 Å². The summed E-state index contributed by atoms with van der Waals surface area (Å²) in [6.07, 6.45) is 1.02. The normalized spacial score (nSPS) is 11.3. The molecule has 29 heavy (non-hydrogen) atoms. The molecular formula is C18H23F2N3O5S. The maximum Gasteiger partial charge on any atom is 0.387 e. The molecule has 11 heteroatoms. The molecule has 0 fully saturated rings. The van der Waals surface area contributed by atoms with E-state index in [9.17, 15) is 17.2 Å². The van der Waals surface area contributed by atoms with E-state index in [1.165, 1.54) is 19.2 Å². The van der Waals surface area contributed by atoms with E-state index in [0.29, 0.717) is 13.2 Å². The van der Waals surface area contributed by atoms with Crippen LogP contribution in [0.25, 0.3) is 0 Å². The maximum atomic E-state index is 12.5. The van der Waals surface area contributed by atoms with Gasteiger partial charge in [0.15, 0.2) is 0 Å². The number of anilines is 1. The van der Waals surface area contributed by atoms with Gasteiger partial charge in [0.1, 0.15) is 18.0 Å². The van der Waals surface area contributed by atoms with Gasteiger partial charge in [-0.15, -0.1) is 0 Å². The smallest absolute Gasteiger partial charge is 0.387 e. The van der Waals surface area contributed by atoms with E-state index in [4.69, 9.17) is 9.47 Å². The molecule has 2 rings (SSSR count). The van der Waals surface area contributed by atoms with Crippen molar-refractivity contribution in [3.8, 4) is 17.5 Å². The Balaban J connectivity index is 2.07. The number of nitrogens with zero attached hydrogens (tertiary/aromatic N) is 1. The van der Waals surface area contributed by atoms with Crippen molar-refractivity contribution >= 4 is 15.7 Å². The molecule has 1 aromatic carbocycles. The summed E-state index contributed by atoms with van der Waals surface area (Å²) < 4.78 is 66.7. The fourth-order valence-corrected chi connectivity index (χ4v) is 3.33. The van der Waals surface area contributed by atoms with E-state index in [1.807, 2.05) is 0 Å². The number of benzene rings is 1. The van der Waals surface area contributed by atoms with Gasteiger partial charge in [-0.05, 0) is 43.3 Å². The van der Waals surface area contributed by atoms with Crippen LogP contribution in [-0.4, -0.2) is 46.8 Å². The van der Waals surface area contributed by atoms with Crippen LogP contribution in [0.2, 0.25) is 0 Å². The van der Waals surface area contributed by atoms with Gasteiger partial charge >= 0.3 is 6.61 Å². The highest BCUT2D eigenvalue weighted by Crippen LogP contribution is 2.28. The van der Waals surface area contributed by atoms with Crippen LogP contribution in [0, 0.1) is 0 Å². The SMILES string of the molecule is CCCNCCOc1ccc(NS(=O)(=O)c2ccc(OC(F)F)cc2)c(OC)n1. The quantitative estimate of drug-likeness (QED) is 0.499. The third-order valence-corrected chi connectivity index (χ3v) is 4.97. The number of pyridine rings is 1. The van der Waals surface area contributed by atoms with Gasteiger partial charge < -0.3 is 19.5 Å². The molecule has 0 amide bonds. The van der Waals surface area contributed by atoms with E-state index in [0.717, 1.165) is 37.2 Å². The second kappa shape index (κ2) is 10.8. The average Bonchev–Trinajstić information content (AvgIpc) is 2.68. The number of methoxy groups -OCH3 is 1. The Morgan fingerprint density at radius 2 is 1.83 bits per heavy atom. The van der Waals surface area contributed by atoms with Crippen LogP contribution in [0.3, 0.4) is 0 Å². The number of hydrogen-bond acceptors (Lipinski definition) is 7. The number of halogens is 2. The number of nitrogens with one attached hydrogen (secondary N) is 2. The first-order valence-corrected chi connectivity index (χ1v) is 10.3. The molecule has 0 unspecified atom stereocenters. The molecule has 0 spiro atoms. The zero-order chi connectivity index (χ0) is 21.3. The molecule has 0 bridgehead atoms. The van der Waals surface area contributed by atoms with E-state index < -0.39 is 16.6 Å². The van der Waals surface area contributed by atoms with Gasteiger partial charge in [-0.25, -0.2) is 8.42 Å². The first-order valence-electron chi connectivity index (χ1n) is 8.82. The average molecular weight is 431 g/mol. The predicted molar refractivity (Wildman–Crippen MR) is 103 cm³/mol. The van der Waals surface area contributed by atoms with Gasteiger partial charge in [0, 0.05) is 12.6 Å². The minimum atomic E-state index is -4.00. The topological polar surface area (TPSA) is 98.8 Å². The molecule has 0 aliphatic rings. The van der Waals surface area contributed by atoms with Crippen molar-refractivity contribution in [3.63, 3.8) is 0 Å². The fraction of sp³-hybridized carbons (Fsp3) is 0.389. The van der Waals surface area contributed by atoms with E-state index in [-0.39, 0.29) is 28.1 Å². The summed E-state index contributed by atoms with van der Waals surface area (Å²) >= 11 is 0. The van der Waals surface area contributed by atoms with E-state index >= 15 is 0 Å². The van der Waals surface area contributed by atoms with Gasteiger partial charge in [-0.2, -0.15) is 13.8 Å². The minimum absolute atomic E-state index is 0.0326. The van der Waals surface area contributed by atoms with Crippen molar-refractivity contribution in [3.05, 3.63) is 36.4 Å². The first-order chi connectivity index (χ1) is 13.9. The lowest BCUT2D eigenvalue weighted by atomic mass is 10.3. The Bertz CT molecular complexity index is 880. The second-order valence-electron chi connectivity index (χ2n) is 5.76. The van der Waals surface area contributed by atoms with Crippen LogP contribution >= 0.6 is 0 Å². The van der Waals surface area contributed by atoms with Crippen molar-refractivity contribution in [1.29, 1.82) is 0 Å². The van der Waals surface area contributed by atoms with Gasteiger partial charge in [-0.3, -0.25) is 4.72 Å². The lowest BCUT2D eigenvalue weighted by Gasteiger charge is -2.13. The minimum Gasteiger partial charge on any atom is -0.479 e. The molecule has 1 heterocycles. The van der Waals surface area contributed by atoms with Crippen LogP contribution < -0.4 is 24.2 Å². The van der Waals surface area contributed by atoms with Crippen LogP contribution in [0.15, 0.2) is 41.3 Å². The zero-order valence-electron chi connectivity index (χ0n) is 16.0. The fourth-order valence-electron chi connectivity index (χ4n) is 2.27. The van der Waals surface area contributed by atoms with Gasteiger partial charge in [0.05, 0.1) is 12.0 Å². The largest absolute Gasteiger partial charge is 0.479 e. The zero-order valence-corrected chi connectivity index (χ0v) is 16.8. The molecular weight excluding hydrogens is 408 g/mol. The summed E-state index contributed by atoms with van der Waals surface area (Å²) in [5, 5.41) is 3.18. The Hall–Kier alpha value is -2.66. The second-order valence-corrected chi connectivity index (χ2v) is 7.44. The van der Waals surface area contributed by atoms with Crippen molar-refractivity contribution in [2.45, 2.75) is 24.9 Å². The number of alkyl halides is 2. The monoisotopic (exact) mass is 431 g/mol. The van der Waals surface area contributed by atoms with Crippen molar-refractivity contribution in [1.82, 2.24) is 10.3 Å². The molecule has 0 aliphatic heterocycles. The standard InChI is InChI=1S/C18H23F2N3O5S/c1-3-10-21-11-12-27-16-9-8-15(17(22-16)26-2)23-29(24,25)14-6-4-13(5-7-14)28-18(19)20/h4-9,18,21,23H,3,10-12H2,1-2H3. The van der Waals surface area contributed by atoms with Crippen molar-refractivity contribution in [2.24, 2.45) is 0 Å². The van der Waals surface area contributed by atoms with Crippen molar-refractivity contribution in [2.75, 3.05) is 31.5 Å². The van der Waals surface area contributed by atoms with E-state index in [2.05, 4.69) is 26.7 Å². The number of rotatable bonds is 12. The van der Waals surface area contributed by atoms with Crippen LogP contribution in [0.4, 0.5) is 14.5 Å². The third kappa shape index (κ3) is 7.02. The molecule has 0 saturated carbocycles. The Labute approximate surface area is 168 Å². The van der Waals surface area contributed by atoms with Crippen LogP contribution in [0.5, 0.6) is 17.5 Å². The Morgan fingerprint density at radius 3 is 2.45 bits per heavy atom. The summed E-state index contributed by atoms with van der Waals surface area (Å²) in [7, 11) is -2.64. The lowest BCUT2D eigenvalue weighted by molar-refractivity contribution is -0.0498. The van der Waals surface area contributed by atoms with Crippen molar-refractivity contribution < 1.29 is 31.4 Å². The van der Waals surface area contributed by atoms with Gasteiger partial charge in [-0.1, -0.05) is 6.92 Å². The molecule has 8 nitrogen and oxygen atoms in total. The molecule has 0 atom stereocenters. The Kier molecular flexibility index (Phi) is 8.40. The highest BCUT2D eigenvalue weighted by molar-refractivity contribution is 7.92. The molecule has 0 aliphatic carbocycles. The summed E-state index contributed by atoms with van der Waals surface area (Å²) in [5.41, 5.74) is 0.108. The number of ether oxygens (including phenoxy) is 3. The van der Waals surface area contributed by atoms with Gasteiger partial charge in [0.2, 0.25) is 11.8 Å². The summed E-state index contributed by atoms with van der Waals surface area (Å²) in [6.45, 7) is 1.00. The Morgan fingerprint density at radius 1 is 1.10 bits per heavy atom. The summed E-state index contributed by atoms with van der Waals surface area (Å²) in [5.74, 6) is 0.176. The summed E-state index contributed by atoms with van der Waals surface area (Å²) in [6, 6.07) is 7.56.